The molecule has 0 aliphatic carbocycles. The van der Waals surface area contributed by atoms with Gasteiger partial charge in [0.05, 0.1) is 17.4 Å². The van der Waals surface area contributed by atoms with Crippen LogP contribution in [0.1, 0.15) is 6.23 Å². The molecule has 1 aromatic heterocycles. The first-order valence-corrected chi connectivity index (χ1v) is 5.30. The van der Waals surface area contributed by atoms with E-state index in [1.165, 1.54) is 10.9 Å². The van der Waals surface area contributed by atoms with E-state index in [-0.39, 0.29) is 0 Å². The summed E-state index contributed by atoms with van der Waals surface area (Å²) in [5.74, 6) is 0. The summed E-state index contributed by atoms with van der Waals surface area (Å²) >= 11 is 16.8. The minimum absolute atomic E-state index is 0.719. The molecule has 15 heavy (non-hydrogen) atoms. The molecule has 0 amide bonds. The van der Waals surface area contributed by atoms with Crippen LogP contribution < -0.4 is 0 Å². The number of alkyl halides is 3. The van der Waals surface area contributed by atoms with Crippen molar-refractivity contribution in [1.29, 1.82) is 0 Å². The first kappa shape index (κ1) is 11.0. The Labute approximate surface area is 101 Å². The van der Waals surface area contributed by atoms with Gasteiger partial charge < -0.3 is 5.11 Å². The van der Waals surface area contributed by atoms with E-state index in [4.69, 9.17) is 34.8 Å². The molecule has 0 radical (unpaired) electrons. The number of rotatable bonds is 1. The van der Waals surface area contributed by atoms with E-state index in [0.717, 1.165) is 11.0 Å². The summed E-state index contributed by atoms with van der Waals surface area (Å²) in [6.07, 6.45) is 0.187. The Morgan fingerprint density at radius 3 is 2.60 bits per heavy atom. The van der Waals surface area contributed by atoms with Gasteiger partial charge >= 0.3 is 0 Å². The highest BCUT2D eigenvalue weighted by Crippen LogP contribution is 2.37. The van der Waals surface area contributed by atoms with Gasteiger partial charge in [-0.05, 0) is 12.1 Å². The Bertz CT molecular complexity index is 477. The molecule has 0 fully saturated rings. The lowest BCUT2D eigenvalue weighted by Gasteiger charge is -2.20. The molecule has 1 atom stereocenters. The average Bonchev–Trinajstić information content (AvgIpc) is 2.58. The molecule has 1 aromatic carbocycles. The van der Waals surface area contributed by atoms with Gasteiger partial charge in [0.25, 0.3) is 0 Å². The fraction of sp³-hybridized carbons (Fsp3) is 0.222. The number of benzene rings is 1. The number of imidazole rings is 1. The number of aliphatic hydroxyl groups excluding tert-OH is 1. The highest BCUT2D eigenvalue weighted by Gasteiger charge is 2.33. The van der Waals surface area contributed by atoms with Crippen LogP contribution in [0.15, 0.2) is 30.6 Å². The molecule has 0 bridgehead atoms. The molecule has 0 saturated carbocycles. The Morgan fingerprint density at radius 1 is 1.27 bits per heavy atom. The zero-order chi connectivity index (χ0) is 11.1. The summed E-state index contributed by atoms with van der Waals surface area (Å²) in [7, 11) is 0. The third-order valence-electron chi connectivity index (χ3n) is 2.04. The Morgan fingerprint density at radius 2 is 1.93 bits per heavy atom. The highest BCUT2D eigenvalue weighted by molar-refractivity contribution is 6.67. The van der Waals surface area contributed by atoms with Crippen LogP contribution in [0.3, 0.4) is 0 Å². The molecule has 0 spiro atoms. The molecule has 2 aromatic rings. The molecular formula is C9H7Cl3N2O. The standard InChI is InChI=1S/C9H7Cl3N2O/c10-9(11,12)8(15)14-5-13-6-3-1-2-4-7(6)14/h1-5,8,15H. The van der Waals surface area contributed by atoms with Crippen molar-refractivity contribution < 1.29 is 5.11 Å². The van der Waals surface area contributed by atoms with E-state index in [9.17, 15) is 5.11 Å². The van der Waals surface area contributed by atoms with Crippen molar-refractivity contribution in [3.63, 3.8) is 0 Å². The molecule has 0 aliphatic rings. The largest absolute Gasteiger partial charge is 0.369 e. The summed E-state index contributed by atoms with van der Waals surface area (Å²) in [4.78, 5) is 4.08. The number of para-hydroxylation sites is 2. The van der Waals surface area contributed by atoms with Crippen molar-refractivity contribution in [2.24, 2.45) is 0 Å². The van der Waals surface area contributed by atoms with Crippen LogP contribution in [0.5, 0.6) is 0 Å². The zero-order valence-electron chi connectivity index (χ0n) is 7.44. The quantitative estimate of drug-likeness (QED) is 0.805. The predicted octanol–water partition coefficient (Wildman–Crippen LogP) is 2.90. The SMILES string of the molecule is OC(n1cnc2ccccc21)C(Cl)(Cl)Cl. The van der Waals surface area contributed by atoms with Gasteiger partial charge in [-0.1, -0.05) is 46.9 Å². The third kappa shape index (κ3) is 2.06. The first-order chi connectivity index (χ1) is 7.00. The molecule has 1 N–H and O–H groups in total. The monoisotopic (exact) mass is 264 g/mol. The van der Waals surface area contributed by atoms with Gasteiger partial charge in [0, 0.05) is 0 Å². The van der Waals surface area contributed by atoms with Crippen molar-refractivity contribution in [2.45, 2.75) is 10.0 Å². The topological polar surface area (TPSA) is 38.0 Å². The minimum Gasteiger partial charge on any atom is -0.369 e. The van der Waals surface area contributed by atoms with E-state index in [1.807, 2.05) is 18.2 Å². The van der Waals surface area contributed by atoms with Crippen LogP contribution in [0, 0.1) is 0 Å². The van der Waals surface area contributed by atoms with Crippen molar-refractivity contribution >= 4 is 45.8 Å². The molecule has 1 heterocycles. The summed E-state index contributed by atoms with van der Waals surface area (Å²) in [5, 5.41) is 9.77. The fourth-order valence-corrected chi connectivity index (χ4v) is 1.65. The second-order valence-corrected chi connectivity index (χ2v) is 5.42. The van der Waals surface area contributed by atoms with E-state index >= 15 is 0 Å². The Hall–Kier alpha value is -0.480. The second-order valence-electron chi connectivity index (χ2n) is 3.06. The number of fused-ring (bicyclic) bond motifs is 1. The van der Waals surface area contributed by atoms with Crippen molar-refractivity contribution in [1.82, 2.24) is 9.55 Å². The predicted molar refractivity (Wildman–Crippen MR) is 61.3 cm³/mol. The van der Waals surface area contributed by atoms with Gasteiger partial charge in [0.15, 0.2) is 6.23 Å². The minimum atomic E-state index is -1.77. The molecule has 0 saturated heterocycles. The van der Waals surface area contributed by atoms with Crippen LogP contribution >= 0.6 is 34.8 Å². The lowest BCUT2D eigenvalue weighted by atomic mass is 10.3. The first-order valence-electron chi connectivity index (χ1n) is 4.16. The number of hydrogen-bond acceptors (Lipinski definition) is 2. The number of hydrogen-bond donors (Lipinski definition) is 1. The van der Waals surface area contributed by atoms with Gasteiger partial charge in [0.1, 0.15) is 0 Å². The Balaban J connectivity index is 2.53. The maximum Gasteiger partial charge on any atom is 0.234 e. The van der Waals surface area contributed by atoms with E-state index in [1.54, 1.807) is 6.07 Å². The molecule has 3 nitrogen and oxygen atoms in total. The van der Waals surface area contributed by atoms with Crippen LogP contribution in [-0.4, -0.2) is 18.5 Å². The summed E-state index contributed by atoms with van der Waals surface area (Å²) in [6, 6.07) is 7.28. The van der Waals surface area contributed by atoms with Gasteiger partial charge in [-0.2, -0.15) is 0 Å². The molecule has 1 unspecified atom stereocenters. The lowest BCUT2D eigenvalue weighted by molar-refractivity contribution is 0.112. The normalized spacial score (nSPS) is 14.4. The van der Waals surface area contributed by atoms with Gasteiger partial charge in [-0.3, -0.25) is 4.57 Å². The molecule has 80 valence electrons. The number of nitrogens with zero attached hydrogens (tertiary/aromatic N) is 2. The van der Waals surface area contributed by atoms with E-state index < -0.39 is 10.0 Å². The average molecular weight is 266 g/mol. The fourth-order valence-electron chi connectivity index (χ4n) is 1.33. The molecule has 2 rings (SSSR count). The Kier molecular flexibility index (Phi) is 2.81. The van der Waals surface area contributed by atoms with Crippen LogP contribution in [0.4, 0.5) is 0 Å². The van der Waals surface area contributed by atoms with E-state index in [0.29, 0.717) is 0 Å². The maximum atomic E-state index is 9.77. The van der Waals surface area contributed by atoms with Gasteiger partial charge in [-0.25, -0.2) is 4.98 Å². The smallest absolute Gasteiger partial charge is 0.234 e. The highest BCUT2D eigenvalue weighted by atomic mass is 35.6. The third-order valence-corrected chi connectivity index (χ3v) is 2.62. The van der Waals surface area contributed by atoms with E-state index in [2.05, 4.69) is 4.98 Å². The van der Waals surface area contributed by atoms with Gasteiger partial charge in [-0.15, -0.1) is 0 Å². The lowest BCUT2D eigenvalue weighted by Crippen LogP contribution is -2.22. The summed E-state index contributed by atoms with van der Waals surface area (Å²) in [6.45, 7) is 0. The van der Waals surface area contributed by atoms with Crippen molar-refractivity contribution in [3.05, 3.63) is 30.6 Å². The number of aromatic nitrogens is 2. The van der Waals surface area contributed by atoms with Crippen LogP contribution in [0.2, 0.25) is 0 Å². The number of halogens is 3. The summed E-state index contributed by atoms with van der Waals surface area (Å²) < 4.78 is -0.355. The van der Waals surface area contributed by atoms with Crippen LogP contribution in [-0.2, 0) is 0 Å². The molecule has 6 heteroatoms. The number of aliphatic hydroxyl groups is 1. The molecular weight excluding hydrogens is 258 g/mol. The maximum absolute atomic E-state index is 9.77. The van der Waals surface area contributed by atoms with Gasteiger partial charge in [0.2, 0.25) is 3.79 Å². The van der Waals surface area contributed by atoms with Crippen molar-refractivity contribution in [3.8, 4) is 0 Å². The molecule has 0 aliphatic heterocycles. The van der Waals surface area contributed by atoms with Crippen LogP contribution in [0.25, 0.3) is 11.0 Å². The zero-order valence-corrected chi connectivity index (χ0v) is 9.71. The van der Waals surface area contributed by atoms with Crippen molar-refractivity contribution in [2.75, 3.05) is 0 Å². The summed E-state index contributed by atoms with van der Waals surface area (Å²) in [5.41, 5.74) is 1.46. The second kappa shape index (κ2) is 3.83.